The van der Waals surface area contributed by atoms with E-state index in [1.165, 1.54) is 18.2 Å². The molecule has 1 N–H and O–H groups in total. The molecule has 3 fully saturated rings. The van der Waals surface area contributed by atoms with Gasteiger partial charge in [0.1, 0.15) is 0 Å². The molecular formula is C19H17F3N2O2. The first-order chi connectivity index (χ1) is 12.4. The van der Waals surface area contributed by atoms with E-state index in [0.717, 1.165) is 17.4 Å². The number of likely N-dealkylation sites (tertiary alicyclic amines) is 1. The number of nitrogens with zero attached hydrogens (tertiary/aromatic N) is 1. The van der Waals surface area contributed by atoms with Gasteiger partial charge in [-0.2, -0.15) is 13.2 Å². The van der Waals surface area contributed by atoms with Crippen LogP contribution in [0, 0.1) is 35.5 Å². The Morgan fingerprint density at radius 2 is 1.58 bits per heavy atom. The van der Waals surface area contributed by atoms with Gasteiger partial charge < -0.3 is 5.32 Å². The third-order valence-electron chi connectivity index (χ3n) is 6.41. The molecule has 26 heavy (non-hydrogen) atoms. The normalized spacial score (nSPS) is 37.0. The number of nitrogens with one attached hydrogen (secondary N) is 1. The van der Waals surface area contributed by atoms with Crippen molar-refractivity contribution in [3.8, 4) is 0 Å². The number of hydrogen-bond acceptors (Lipinski definition) is 3. The molecule has 1 heterocycles. The topological polar surface area (TPSA) is 49.4 Å². The summed E-state index contributed by atoms with van der Waals surface area (Å²) in [6.07, 6.45) is 0.718. The first-order valence-corrected chi connectivity index (χ1v) is 8.81. The molecule has 6 rings (SSSR count). The molecule has 6 atom stereocenters. The number of para-hydroxylation sites is 1. The lowest BCUT2D eigenvalue weighted by atomic mass is 9.63. The molecule has 5 aliphatic rings. The molecule has 4 aliphatic carbocycles. The van der Waals surface area contributed by atoms with Crippen molar-refractivity contribution in [1.29, 1.82) is 0 Å². The summed E-state index contributed by atoms with van der Waals surface area (Å²) in [5.41, 5.74) is -0.932. The average molecular weight is 362 g/mol. The summed E-state index contributed by atoms with van der Waals surface area (Å²) in [4.78, 5) is 26.7. The maximum Gasteiger partial charge on any atom is 0.418 e. The van der Waals surface area contributed by atoms with Crippen LogP contribution in [0.25, 0.3) is 0 Å². The molecule has 0 aromatic heterocycles. The van der Waals surface area contributed by atoms with Crippen LogP contribution in [0.3, 0.4) is 0 Å². The van der Waals surface area contributed by atoms with Gasteiger partial charge in [-0.15, -0.1) is 0 Å². The summed E-state index contributed by atoms with van der Waals surface area (Å²) in [6, 6.07) is 5.09. The molecule has 1 aliphatic heterocycles. The van der Waals surface area contributed by atoms with Crippen LogP contribution in [-0.2, 0) is 15.8 Å². The molecular weight excluding hydrogens is 345 g/mol. The van der Waals surface area contributed by atoms with Crippen LogP contribution >= 0.6 is 0 Å². The van der Waals surface area contributed by atoms with E-state index in [1.807, 2.05) is 0 Å². The lowest BCUT2D eigenvalue weighted by Crippen LogP contribution is -2.40. The molecule has 1 aromatic rings. The van der Waals surface area contributed by atoms with Gasteiger partial charge in [0.25, 0.3) is 0 Å². The summed E-state index contributed by atoms with van der Waals surface area (Å²) in [5, 5.41) is 2.65. The first kappa shape index (κ1) is 15.9. The zero-order valence-corrected chi connectivity index (χ0v) is 13.7. The van der Waals surface area contributed by atoms with Gasteiger partial charge in [-0.3, -0.25) is 14.5 Å². The summed E-state index contributed by atoms with van der Waals surface area (Å²) in [6.45, 7) is -0.230. The van der Waals surface area contributed by atoms with Gasteiger partial charge in [-0.1, -0.05) is 24.3 Å². The average Bonchev–Trinajstić information content (AvgIpc) is 3.38. The van der Waals surface area contributed by atoms with Crippen LogP contribution in [0.1, 0.15) is 12.0 Å². The Balaban J connectivity index is 1.37. The van der Waals surface area contributed by atoms with Crippen molar-refractivity contribution in [2.24, 2.45) is 35.5 Å². The SMILES string of the molecule is O=C1C2C3C=CC(C4CC34)C2C(=O)N1CNc1ccccc1C(F)(F)F. The lowest BCUT2D eigenvalue weighted by molar-refractivity contribution is -0.139. The molecule has 0 spiro atoms. The second-order valence-electron chi connectivity index (χ2n) is 7.64. The smallest absolute Gasteiger partial charge is 0.367 e. The number of halogens is 3. The van der Waals surface area contributed by atoms with Crippen molar-refractivity contribution in [3.63, 3.8) is 0 Å². The minimum atomic E-state index is -4.50. The Hall–Kier alpha value is -2.31. The van der Waals surface area contributed by atoms with Crippen molar-refractivity contribution in [3.05, 3.63) is 42.0 Å². The molecule has 7 heteroatoms. The molecule has 1 saturated heterocycles. The molecule has 4 nitrogen and oxygen atoms in total. The predicted octanol–water partition coefficient (Wildman–Crippen LogP) is 3.13. The van der Waals surface area contributed by atoms with Gasteiger partial charge in [0.2, 0.25) is 11.8 Å². The van der Waals surface area contributed by atoms with Crippen molar-refractivity contribution in [1.82, 2.24) is 4.90 Å². The van der Waals surface area contributed by atoms with Gasteiger partial charge in [-0.25, -0.2) is 0 Å². The van der Waals surface area contributed by atoms with E-state index in [2.05, 4.69) is 17.5 Å². The van der Waals surface area contributed by atoms with E-state index in [1.54, 1.807) is 0 Å². The quantitative estimate of drug-likeness (QED) is 0.664. The Kier molecular flexibility index (Phi) is 3.13. The molecule has 1 aromatic carbocycles. The number of carbonyl (C=O) groups is 2. The Morgan fingerprint density at radius 3 is 2.15 bits per heavy atom. The Morgan fingerprint density at radius 1 is 1.00 bits per heavy atom. The Labute approximate surface area is 148 Å². The van der Waals surface area contributed by atoms with E-state index >= 15 is 0 Å². The van der Waals surface area contributed by atoms with Crippen molar-refractivity contribution in [2.75, 3.05) is 12.0 Å². The summed E-state index contributed by atoms with van der Waals surface area (Å²) in [7, 11) is 0. The molecule has 136 valence electrons. The van der Waals surface area contributed by atoms with E-state index in [4.69, 9.17) is 0 Å². The number of rotatable bonds is 3. The van der Waals surface area contributed by atoms with Crippen LogP contribution < -0.4 is 5.32 Å². The predicted molar refractivity (Wildman–Crippen MR) is 86.5 cm³/mol. The number of carbonyl (C=O) groups excluding carboxylic acids is 2. The highest BCUT2D eigenvalue weighted by Crippen LogP contribution is 2.65. The lowest BCUT2D eigenvalue weighted by Gasteiger charge is -2.37. The van der Waals surface area contributed by atoms with Crippen LogP contribution in [0.5, 0.6) is 0 Å². The second-order valence-corrected chi connectivity index (χ2v) is 7.64. The largest absolute Gasteiger partial charge is 0.418 e. The van der Waals surface area contributed by atoms with E-state index in [9.17, 15) is 22.8 Å². The number of benzene rings is 1. The zero-order chi connectivity index (χ0) is 18.2. The Bertz CT molecular complexity index is 798. The van der Waals surface area contributed by atoms with Crippen molar-refractivity contribution < 1.29 is 22.8 Å². The van der Waals surface area contributed by atoms with Crippen molar-refractivity contribution in [2.45, 2.75) is 12.6 Å². The summed E-state index contributed by atoms with van der Waals surface area (Å²) in [5.74, 6) is 0.0618. The molecule has 0 radical (unpaired) electrons. The maximum absolute atomic E-state index is 13.1. The van der Waals surface area contributed by atoms with Crippen LogP contribution in [-0.4, -0.2) is 23.4 Å². The molecule has 2 amide bonds. The van der Waals surface area contributed by atoms with E-state index in [-0.39, 0.29) is 47.8 Å². The minimum absolute atomic E-state index is 0.110. The highest BCUT2D eigenvalue weighted by Gasteiger charge is 2.66. The first-order valence-electron chi connectivity index (χ1n) is 8.81. The summed E-state index contributed by atoms with van der Waals surface area (Å²) < 4.78 is 39.3. The number of amides is 2. The van der Waals surface area contributed by atoms with Crippen LogP contribution in [0.15, 0.2) is 36.4 Å². The highest BCUT2D eigenvalue weighted by molar-refractivity contribution is 6.06. The number of imide groups is 1. The summed E-state index contributed by atoms with van der Waals surface area (Å²) >= 11 is 0. The fraction of sp³-hybridized carbons (Fsp3) is 0.474. The third kappa shape index (κ3) is 2.09. The number of anilines is 1. The number of alkyl halides is 3. The third-order valence-corrected chi connectivity index (χ3v) is 6.41. The number of allylic oxidation sites excluding steroid dienone is 2. The fourth-order valence-electron chi connectivity index (χ4n) is 5.22. The molecule has 2 bridgehead atoms. The highest BCUT2D eigenvalue weighted by atomic mass is 19.4. The fourth-order valence-corrected chi connectivity index (χ4v) is 5.22. The van der Waals surface area contributed by atoms with E-state index in [0.29, 0.717) is 11.8 Å². The van der Waals surface area contributed by atoms with Crippen LogP contribution in [0.2, 0.25) is 0 Å². The molecule has 2 saturated carbocycles. The molecule has 6 unspecified atom stereocenters. The van der Waals surface area contributed by atoms with Gasteiger partial charge in [0, 0.05) is 5.69 Å². The zero-order valence-electron chi connectivity index (χ0n) is 13.7. The minimum Gasteiger partial charge on any atom is -0.367 e. The van der Waals surface area contributed by atoms with Gasteiger partial charge in [0.15, 0.2) is 0 Å². The maximum atomic E-state index is 13.1. The van der Waals surface area contributed by atoms with Crippen LogP contribution in [0.4, 0.5) is 18.9 Å². The van der Waals surface area contributed by atoms with Crippen molar-refractivity contribution >= 4 is 17.5 Å². The second kappa shape index (κ2) is 5.11. The van der Waals surface area contributed by atoms with Gasteiger partial charge in [-0.05, 0) is 42.2 Å². The number of hydrogen-bond donors (Lipinski definition) is 1. The standard InChI is InChI=1S/C19H17F3N2O2/c20-19(21,22)13-3-1-2-4-14(13)23-8-24-17(25)15-9-5-6-10(12-7-11(9)12)16(15)18(24)26/h1-6,9-12,15-16,23H,7-8H2. The van der Waals surface area contributed by atoms with Gasteiger partial charge in [0.05, 0.1) is 24.1 Å². The van der Waals surface area contributed by atoms with E-state index < -0.39 is 11.7 Å². The van der Waals surface area contributed by atoms with Gasteiger partial charge >= 0.3 is 6.18 Å². The monoisotopic (exact) mass is 362 g/mol.